The second kappa shape index (κ2) is 6.10. The van der Waals surface area contributed by atoms with Crippen LogP contribution in [0.25, 0.3) is 0 Å². The monoisotopic (exact) mass is 310 g/mol. The molecule has 106 valence electrons. The van der Waals surface area contributed by atoms with Gasteiger partial charge in [0.05, 0.1) is 10.6 Å². The van der Waals surface area contributed by atoms with Crippen molar-refractivity contribution in [1.82, 2.24) is 9.97 Å². The van der Waals surface area contributed by atoms with Gasteiger partial charge < -0.3 is 10.7 Å². The van der Waals surface area contributed by atoms with Crippen LogP contribution in [-0.2, 0) is 9.84 Å². The average Bonchev–Trinajstić information content (AvgIpc) is 2.92. The summed E-state index contributed by atoms with van der Waals surface area (Å²) in [5, 5.41) is 7.97. The number of rotatable bonds is 6. The normalized spacial score (nSPS) is 11.4. The van der Waals surface area contributed by atoms with E-state index in [1.807, 2.05) is 0 Å². The van der Waals surface area contributed by atoms with Gasteiger partial charge in [-0.15, -0.1) is 0 Å². The summed E-state index contributed by atoms with van der Waals surface area (Å²) >= 11 is 1.36. The molecule has 1 aromatic heterocycles. The molecule has 0 saturated carbocycles. The molecule has 0 spiro atoms. The highest BCUT2D eigenvalue weighted by atomic mass is 32.2. The number of imidazole rings is 1. The van der Waals surface area contributed by atoms with Crippen molar-refractivity contribution in [2.45, 2.75) is 10.1 Å². The molecular weight excluding hydrogens is 296 g/mol. The molecule has 4 N–H and O–H groups in total. The number of nitrogens with zero attached hydrogens (tertiary/aromatic N) is 1. The lowest BCUT2D eigenvalue weighted by Gasteiger charge is -2.05. The molecule has 8 heteroatoms. The number of hydrogen-bond acceptors (Lipinski definition) is 5. The molecule has 0 aliphatic carbocycles. The minimum absolute atomic E-state index is 0.0256. The third-order valence-electron chi connectivity index (χ3n) is 2.59. The van der Waals surface area contributed by atoms with Crippen LogP contribution in [0, 0.1) is 5.41 Å². The van der Waals surface area contributed by atoms with Gasteiger partial charge in [-0.3, -0.25) is 5.41 Å². The quantitative estimate of drug-likeness (QED) is 0.422. The summed E-state index contributed by atoms with van der Waals surface area (Å²) in [5.74, 6) is 0.365. The lowest BCUT2D eigenvalue weighted by molar-refractivity contribution is 0.597. The zero-order valence-corrected chi connectivity index (χ0v) is 12.2. The van der Waals surface area contributed by atoms with Gasteiger partial charge in [0.1, 0.15) is 5.84 Å². The van der Waals surface area contributed by atoms with E-state index in [1.165, 1.54) is 36.0 Å². The van der Waals surface area contributed by atoms with Gasteiger partial charge in [-0.2, -0.15) is 0 Å². The maximum absolute atomic E-state index is 12.1. The lowest BCUT2D eigenvalue weighted by Crippen LogP contribution is -2.12. The number of benzene rings is 1. The number of nitrogens with two attached hydrogens (primary N) is 1. The van der Waals surface area contributed by atoms with Crippen molar-refractivity contribution < 1.29 is 8.42 Å². The van der Waals surface area contributed by atoms with Gasteiger partial charge in [-0.05, 0) is 12.1 Å². The summed E-state index contributed by atoms with van der Waals surface area (Å²) in [7, 11) is -3.33. The standard InChI is InChI=1S/C12H14N4O2S2/c13-11(14)9-1-3-10(4-2-9)20(17,18)8-7-19-12-15-5-6-16-12/h1-6H,7-8H2,(H3,13,14)(H,15,16). The van der Waals surface area contributed by atoms with Crippen LogP contribution in [0.5, 0.6) is 0 Å². The van der Waals surface area contributed by atoms with Gasteiger partial charge in [0.2, 0.25) is 0 Å². The van der Waals surface area contributed by atoms with Crippen molar-refractivity contribution >= 4 is 27.4 Å². The summed E-state index contributed by atoms with van der Waals surface area (Å²) in [6.45, 7) is 0. The second-order valence-corrected chi connectivity index (χ2v) is 7.19. The van der Waals surface area contributed by atoms with Crippen LogP contribution in [0.1, 0.15) is 5.56 Å². The molecule has 0 atom stereocenters. The van der Waals surface area contributed by atoms with Crippen molar-refractivity contribution in [2.24, 2.45) is 5.73 Å². The summed E-state index contributed by atoms with van der Waals surface area (Å²) in [5.41, 5.74) is 5.84. The molecule has 6 nitrogen and oxygen atoms in total. The number of hydrogen-bond donors (Lipinski definition) is 3. The highest BCUT2D eigenvalue weighted by molar-refractivity contribution is 8.00. The first-order valence-corrected chi connectivity index (χ1v) is 8.42. The van der Waals surface area contributed by atoms with E-state index in [4.69, 9.17) is 11.1 Å². The van der Waals surface area contributed by atoms with E-state index in [-0.39, 0.29) is 16.5 Å². The van der Waals surface area contributed by atoms with Crippen molar-refractivity contribution in [1.29, 1.82) is 5.41 Å². The predicted molar refractivity (Wildman–Crippen MR) is 78.8 cm³/mol. The van der Waals surface area contributed by atoms with E-state index in [2.05, 4.69) is 9.97 Å². The maximum Gasteiger partial charge on any atom is 0.179 e. The van der Waals surface area contributed by atoms with E-state index < -0.39 is 9.84 Å². The Hall–Kier alpha value is -1.80. The molecule has 1 heterocycles. The number of sulfone groups is 1. The Morgan fingerprint density at radius 3 is 2.60 bits per heavy atom. The smallest absolute Gasteiger partial charge is 0.179 e. The molecule has 20 heavy (non-hydrogen) atoms. The molecule has 0 aliphatic heterocycles. The van der Waals surface area contributed by atoms with Crippen molar-refractivity contribution in [2.75, 3.05) is 11.5 Å². The highest BCUT2D eigenvalue weighted by Gasteiger charge is 2.14. The number of aromatic nitrogens is 2. The molecular formula is C12H14N4O2S2. The zero-order chi connectivity index (χ0) is 14.6. The van der Waals surface area contributed by atoms with Gasteiger partial charge in [0.15, 0.2) is 15.0 Å². The van der Waals surface area contributed by atoms with Crippen LogP contribution in [0.4, 0.5) is 0 Å². The molecule has 0 saturated heterocycles. The fourth-order valence-electron chi connectivity index (χ4n) is 1.54. The Bertz CT molecular complexity index is 679. The second-order valence-electron chi connectivity index (χ2n) is 4.00. The maximum atomic E-state index is 12.1. The average molecular weight is 310 g/mol. The zero-order valence-electron chi connectivity index (χ0n) is 10.5. The topological polar surface area (TPSA) is 113 Å². The van der Waals surface area contributed by atoms with E-state index in [0.29, 0.717) is 16.5 Å². The number of amidine groups is 1. The predicted octanol–water partition coefficient (Wildman–Crippen LogP) is 1.26. The Kier molecular flexibility index (Phi) is 4.46. The van der Waals surface area contributed by atoms with Gasteiger partial charge in [-0.25, -0.2) is 13.4 Å². The van der Waals surface area contributed by atoms with Gasteiger partial charge >= 0.3 is 0 Å². The van der Waals surface area contributed by atoms with Crippen LogP contribution in [0.2, 0.25) is 0 Å². The first-order valence-electron chi connectivity index (χ1n) is 5.78. The SMILES string of the molecule is N=C(N)c1ccc(S(=O)(=O)CCSc2ncc[nH]2)cc1. The Labute approximate surface area is 121 Å². The van der Waals surface area contributed by atoms with Crippen LogP contribution < -0.4 is 5.73 Å². The summed E-state index contributed by atoms with van der Waals surface area (Å²) in [4.78, 5) is 7.16. The van der Waals surface area contributed by atoms with Gasteiger partial charge in [0, 0.05) is 23.7 Å². The Morgan fingerprint density at radius 1 is 1.35 bits per heavy atom. The summed E-state index contributed by atoms with van der Waals surface area (Å²) in [6, 6.07) is 6.02. The number of H-pyrrole nitrogens is 1. The lowest BCUT2D eigenvalue weighted by atomic mass is 10.2. The van der Waals surface area contributed by atoms with Crippen LogP contribution in [0.3, 0.4) is 0 Å². The van der Waals surface area contributed by atoms with E-state index >= 15 is 0 Å². The summed E-state index contributed by atoms with van der Waals surface area (Å²) in [6.07, 6.45) is 3.31. The molecule has 0 bridgehead atoms. The number of nitrogens with one attached hydrogen (secondary N) is 2. The fraction of sp³-hybridized carbons (Fsp3) is 0.167. The number of thioether (sulfide) groups is 1. The molecule has 0 unspecified atom stereocenters. The minimum Gasteiger partial charge on any atom is -0.384 e. The van der Waals surface area contributed by atoms with Gasteiger partial charge in [-0.1, -0.05) is 23.9 Å². The van der Waals surface area contributed by atoms with Gasteiger partial charge in [0.25, 0.3) is 0 Å². The minimum atomic E-state index is -3.33. The Morgan fingerprint density at radius 2 is 2.05 bits per heavy atom. The summed E-state index contributed by atoms with van der Waals surface area (Å²) < 4.78 is 24.2. The van der Waals surface area contributed by atoms with Crippen molar-refractivity contribution in [3.05, 3.63) is 42.2 Å². The third-order valence-corrected chi connectivity index (χ3v) is 5.48. The van der Waals surface area contributed by atoms with Crippen LogP contribution >= 0.6 is 11.8 Å². The number of aromatic amines is 1. The number of nitrogen functional groups attached to an aromatic ring is 1. The highest BCUT2D eigenvalue weighted by Crippen LogP contribution is 2.17. The van der Waals surface area contributed by atoms with E-state index in [1.54, 1.807) is 12.4 Å². The molecule has 0 aliphatic rings. The van der Waals surface area contributed by atoms with Crippen molar-refractivity contribution in [3.8, 4) is 0 Å². The first-order chi connectivity index (χ1) is 9.49. The van der Waals surface area contributed by atoms with Crippen molar-refractivity contribution in [3.63, 3.8) is 0 Å². The van der Waals surface area contributed by atoms with E-state index in [9.17, 15) is 8.42 Å². The Balaban J connectivity index is 2.00. The van der Waals surface area contributed by atoms with Crippen LogP contribution in [0.15, 0.2) is 46.7 Å². The molecule has 0 radical (unpaired) electrons. The fourth-order valence-corrected chi connectivity index (χ4v) is 4.02. The molecule has 0 amide bonds. The largest absolute Gasteiger partial charge is 0.384 e. The third kappa shape index (κ3) is 3.61. The first kappa shape index (κ1) is 14.6. The van der Waals surface area contributed by atoms with E-state index in [0.717, 1.165) is 0 Å². The molecule has 1 aromatic carbocycles. The molecule has 2 rings (SSSR count). The molecule has 0 fully saturated rings. The molecule has 2 aromatic rings. The van der Waals surface area contributed by atoms with Crippen LogP contribution in [-0.4, -0.2) is 35.7 Å².